The maximum Gasteiger partial charge on any atom is 0.143 e. The van der Waals surface area contributed by atoms with Crippen molar-refractivity contribution in [2.45, 2.75) is 19.3 Å². The summed E-state index contributed by atoms with van der Waals surface area (Å²) in [5.41, 5.74) is 18.7. The summed E-state index contributed by atoms with van der Waals surface area (Å²) >= 11 is 0. The minimum Gasteiger partial charge on any atom is -0.455 e. The van der Waals surface area contributed by atoms with Crippen LogP contribution in [0.25, 0.3) is 99.2 Å². The Morgan fingerprint density at radius 1 is 0.344 bits per heavy atom. The van der Waals surface area contributed by atoms with Crippen LogP contribution in [-0.2, 0) is 5.41 Å². The highest BCUT2D eigenvalue weighted by molar-refractivity contribution is 6.19. The van der Waals surface area contributed by atoms with E-state index in [1.165, 1.54) is 38.8 Å². The van der Waals surface area contributed by atoms with E-state index in [-0.39, 0.29) is 5.41 Å². The van der Waals surface area contributed by atoms with Crippen molar-refractivity contribution < 1.29 is 8.83 Å². The number of rotatable bonds is 6. The number of hydrogen-bond acceptors (Lipinski definition) is 3. The predicted molar refractivity (Wildman–Crippen MR) is 267 cm³/mol. The molecule has 0 N–H and O–H groups in total. The molecule has 13 rings (SSSR count). The Bertz CT molecular complexity index is 3800. The van der Waals surface area contributed by atoms with Crippen LogP contribution < -0.4 is 4.90 Å². The lowest BCUT2D eigenvalue weighted by Crippen LogP contribution is -2.16. The van der Waals surface area contributed by atoms with Gasteiger partial charge in [0, 0.05) is 61.2 Å². The molecule has 302 valence electrons. The average molecular weight is 820 g/mol. The van der Waals surface area contributed by atoms with Gasteiger partial charge in [-0.1, -0.05) is 172 Å². The molecule has 0 bridgehead atoms. The Morgan fingerprint density at radius 3 is 1.80 bits per heavy atom. The highest BCUT2D eigenvalue weighted by atomic mass is 16.3. The largest absolute Gasteiger partial charge is 0.455 e. The van der Waals surface area contributed by atoms with Gasteiger partial charge in [0.15, 0.2) is 0 Å². The third-order valence-corrected chi connectivity index (χ3v) is 13.7. The quantitative estimate of drug-likeness (QED) is 0.167. The van der Waals surface area contributed by atoms with Crippen LogP contribution in [0.5, 0.6) is 0 Å². The lowest BCUT2D eigenvalue weighted by atomic mass is 9.82. The van der Waals surface area contributed by atoms with Gasteiger partial charge in [0.25, 0.3) is 0 Å². The van der Waals surface area contributed by atoms with Crippen LogP contribution >= 0.6 is 0 Å². The highest BCUT2D eigenvalue weighted by Crippen LogP contribution is 2.51. The number of furan rings is 2. The number of nitrogens with zero attached hydrogens (tertiary/aromatic N) is 1. The Balaban J connectivity index is 0.958. The molecule has 0 aliphatic heterocycles. The van der Waals surface area contributed by atoms with Gasteiger partial charge in [0.1, 0.15) is 22.3 Å². The molecule has 3 nitrogen and oxygen atoms in total. The molecule has 0 amide bonds. The molecule has 0 saturated heterocycles. The third-order valence-electron chi connectivity index (χ3n) is 13.7. The van der Waals surface area contributed by atoms with E-state index in [0.717, 1.165) is 88.6 Å². The summed E-state index contributed by atoms with van der Waals surface area (Å²) in [6.07, 6.45) is 0. The summed E-state index contributed by atoms with van der Waals surface area (Å²) in [6.45, 7) is 4.69. The van der Waals surface area contributed by atoms with Gasteiger partial charge < -0.3 is 13.7 Å². The maximum atomic E-state index is 7.10. The fourth-order valence-electron chi connectivity index (χ4n) is 10.5. The summed E-state index contributed by atoms with van der Waals surface area (Å²) < 4.78 is 13.5. The van der Waals surface area contributed by atoms with E-state index in [9.17, 15) is 0 Å². The van der Waals surface area contributed by atoms with Crippen LogP contribution in [0.1, 0.15) is 25.0 Å². The van der Waals surface area contributed by atoms with Gasteiger partial charge in [0.05, 0.1) is 0 Å². The molecule has 3 heteroatoms. The first-order valence-corrected chi connectivity index (χ1v) is 22.1. The lowest BCUT2D eigenvalue weighted by Gasteiger charge is -2.28. The minimum absolute atomic E-state index is 0.134. The van der Waals surface area contributed by atoms with E-state index < -0.39 is 0 Å². The summed E-state index contributed by atoms with van der Waals surface area (Å²) in [5, 5.41) is 6.78. The van der Waals surface area contributed by atoms with Crippen molar-refractivity contribution in [3.63, 3.8) is 0 Å². The van der Waals surface area contributed by atoms with Gasteiger partial charge >= 0.3 is 0 Å². The van der Waals surface area contributed by atoms with Crippen molar-refractivity contribution in [3.05, 3.63) is 223 Å². The fourth-order valence-corrected chi connectivity index (χ4v) is 10.5. The Hall–Kier alpha value is -8.14. The summed E-state index contributed by atoms with van der Waals surface area (Å²) in [6, 6.07) is 76.5. The molecule has 1 aliphatic rings. The predicted octanol–water partition coefficient (Wildman–Crippen LogP) is 17.4. The molecule has 2 aromatic heterocycles. The molecule has 0 fully saturated rings. The first kappa shape index (κ1) is 36.5. The molecular formula is C61H41NO2. The van der Waals surface area contributed by atoms with Crippen molar-refractivity contribution in [2.75, 3.05) is 4.90 Å². The molecule has 0 spiro atoms. The van der Waals surface area contributed by atoms with Crippen molar-refractivity contribution >= 4 is 71.7 Å². The van der Waals surface area contributed by atoms with Crippen LogP contribution in [0.3, 0.4) is 0 Å². The normalized spacial score (nSPS) is 13.0. The highest BCUT2D eigenvalue weighted by Gasteiger charge is 2.36. The summed E-state index contributed by atoms with van der Waals surface area (Å²) in [5.74, 6) is 0. The van der Waals surface area contributed by atoms with Gasteiger partial charge in [-0.2, -0.15) is 0 Å². The lowest BCUT2D eigenvalue weighted by molar-refractivity contribution is 0.660. The fraction of sp³-hybridized carbons (Fsp3) is 0.0492. The zero-order chi connectivity index (χ0) is 42.5. The number of hydrogen-bond donors (Lipinski definition) is 0. The summed E-state index contributed by atoms with van der Waals surface area (Å²) in [7, 11) is 0. The number of anilines is 3. The molecule has 12 aromatic rings. The van der Waals surface area contributed by atoms with Crippen LogP contribution in [0.4, 0.5) is 17.1 Å². The Morgan fingerprint density at radius 2 is 0.938 bits per heavy atom. The minimum atomic E-state index is -0.134. The van der Waals surface area contributed by atoms with Crippen LogP contribution in [0.15, 0.2) is 221 Å². The van der Waals surface area contributed by atoms with Crippen molar-refractivity contribution in [1.29, 1.82) is 0 Å². The molecule has 2 heterocycles. The summed E-state index contributed by atoms with van der Waals surface area (Å²) in [4.78, 5) is 2.37. The van der Waals surface area contributed by atoms with Crippen molar-refractivity contribution in [1.82, 2.24) is 0 Å². The SMILES string of the molecule is CC1(C)c2ccccc2-c2ccc(N(c3ccc(-c4ccccc4)cc3)c3ccc4c(c3)oc3c(-c5ccc(-c6cccc7c6oc6ccccc67)cc5)c5ccccc5cc34)cc21. The average Bonchev–Trinajstić information content (AvgIpc) is 3.98. The molecular weight excluding hydrogens is 779 g/mol. The number of para-hydroxylation sites is 2. The monoisotopic (exact) mass is 819 g/mol. The van der Waals surface area contributed by atoms with E-state index >= 15 is 0 Å². The van der Waals surface area contributed by atoms with E-state index in [1.807, 2.05) is 12.1 Å². The molecule has 64 heavy (non-hydrogen) atoms. The maximum absolute atomic E-state index is 7.10. The van der Waals surface area contributed by atoms with Crippen molar-refractivity contribution in [2.24, 2.45) is 0 Å². The third kappa shape index (κ3) is 5.54. The number of benzene rings is 10. The van der Waals surface area contributed by atoms with Crippen LogP contribution in [0, 0.1) is 0 Å². The molecule has 0 radical (unpaired) electrons. The van der Waals surface area contributed by atoms with Crippen molar-refractivity contribution in [3.8, 4) is 44.5 Å². The topological polar surface area (TPSA) is 29.5 Å². The van der Waals surface area contributed by atoms with Crippen LogP contribution in [0.2, 0.25) is 0 Å². The number of fused-ring (bicyclic) bond motifs is 10. The Kier molecular flexibility index (Phi) is 7.95. The van der Waals surface area contributed by atoms with E-state index in [1.54, 1.807) is 0 Å². The van der Waals surface area contributed by atoms with E-state index in [2.05, 4.69) is 219 Å². The molecule has 0 saturated carbocycles. The second-order valence-corrected chi connectivity index (χ2v) is 17.6. The van der Waals surface area contributed by atoms with Crippen LogP contribution in [-0.4, -0.2) is 0 Å². The van der Waals surface area contributed by atoms with Gasteiger partial charge in [-0.3, -0.25) is 0 Å². The first-order chi connectivity index (χ1) is 31.5. The first-order valence-electron chi connectivity index (χ1n) is 22.1. The molecule has 10 aromatic carbocycles. The van der Waals surface area contributed by atoms with E-state index in [0.29, 0.717) is 0 Å². The zero-order valence-corrected chi connectivity index (χ0v) is 35.5. The van der Waals surface area contributed by atoms with Gasteiger partial charge in [-0.15, -0.1) is 0 Å². The van der Waals surface area contributed by atoms with Gasteiger partial charge in [0.2, 0.25) is 0 Å². The molecule has 0 atom stereocenters. The molecule has 0 unspecified atom stereocenters. The van der Waals surface area contributed by atoms with Gasteiger partial charge in [-0.25, -0.2) is 0 Å². The smallest absolute Gasteiger partial charge is 0.143 e. The zero-order valence-electron chi connectivity index (χ0n) is 35.5. The standard InChI is InChI=1S/C61H41NO2/c1-61(2)54-21-10-8-17-48(54)49-33-31-44(36-55(49)61)62(43-29-27-39(28-30-43)38-13-4-3-5-14-38)45-32-34-51-53-35-42-15-6-7-16-46(42)58(60(53)64-57(51)37-45)41-25-23-40(24-26-41)47-19-12-20-52-50-18-9-11-22-56(50)63-59(47)52/h3-37H,1-2H3. The van der Waals surface area contributed by atoms with E-state index in [4.69, 9.17) is 8.83 Å². The molecule has 1 aliphatic carbocycles. The van der Waals surface area contributed by atoms with Gasteiger partial charge in [-0.05, 0) is 104 Å². The second kappa shape index (κ2) is 13.9. The second-order valence-electron chi connectivity index (χ2n) is 17.6. The Labute approximate surface area is 371 Å².